The van der Waals surface area contributed by atoms with Gasteiger partial charge in [0.1, 0.15) is 12.0 Å². The minimum atomic E-state index is -0.107. The number of fused-ring (bicyclic) bond motifs is 1. The number of hydrogen-bond donors (Lipinski definition) is 2. The summed E-state index contributed by atoms with van der Waals surface area (Å²) in [5, 5.41) is 12.1. The van der Waals surface area contributed by atoms with Crippen molar-refractivity contribution in [1.29, 1.82) is 0 Å². The van der Waals surface area contributed by atoms with E-state index < -0.39 is 0 Å². The highest BCUT2D eigenvalue weighted by atomic mass is 35.5. The molecule has 1 saturated heterocycles. The van der Waals surface area contributed by atoms with E-state index in [4.69, 9.17) is 11.6 Å². The molecule has 4 rings (SSSR count). The number of hydrogen-bond acceptors (Lipinski definition) is 6. The average Bonchev–Trinajstić information content (AvgIpc) is 3.15. The first-order valence-corrected chi connectivity index (χ1v) is 11.0. The number of nitrogens with one attached hydrogen (secondary N) is 1. The van der Waals surface area contributed by atoms with Gasteiger partial charge in [0.2, 0.25) is 0 Å². The monoisotopic (exact) mass is 442 g/mol. The molecule has 1 aliphatic carbocycles. The summed E-state index contributed by atoms with van der Waals surface area (Å²) in [7, 11) is 0. The molecule has 0 bridgehead atoms. The normalized spacial score (nSPS) is 21.5. The van der Waals surface area contributed by atoms with Crippen LogP contribution in [0.2, 0.25) is 5.02 Å². The second-order valence-electron chi connectivity index (χ2n) is 8.14. The fourth-order valence-corrected chi connectivity index (χ4v) is 4.71. The number of aromatic nitrogens is 1. The minimum Gasteiger partial charge on any atom is -0.511 e. The fourth-order valence-electron chi connectivity index (χ4n) is 4.44. The lowest BCUT2D eigenvalue weighted by Gasteiger charge is -2.33. The third kappa shape index (κ3) is 4.89. The van der Waals surface area contributed by atoms with E-state index >= 15 is 0 Å². The maximum Gasteiger partial charge on any atom is 0.168 e. The van der Waals surface area contributed by atoms with Crippen molar-refractivity contribution in [3.05, 3.63) is 46.3 Å². The Morgan fingerprint density at radius 2 is 1.97 bits per heavy atom. The van der Waals surface area contributed by atoms with E-state index in [1.54, 1.807) is 6.20 Å². The molecular weight excluding hydrogens is 416 g/mol. The number of aldehydes is 1. The van der Waals surface area contributed by atoms with Crippen molar-refractivity contribution >= 4 is 40.8 Å². The zero-order valence-corrected chi connectivity index (χ0v) is 18.1. The predicted molar refractivity (Wildman–Crippen MR) is 122 cm³/mol. The first kappa shape index (κ1) is 21.7. The summed E-state index contributed by atoms with van der Waals surface area (Å²) in [6.07, 6.45) is 4.94. The Bertz CT molecular complexity index is 1020. The zero-order valence-electron chi connectivity index (χ0n) is 17.4. The van der Waals surface area contributed by atoms with Crippen LogP contribution < -0.4 is 0 Å². The van der Waals surface area contributed by atoms with Crippen molar-refractivity contribution in [3.8, 4) is 0 Å². The number of rotatable bonds is 7. The molecule has 0 amide bonds. The van der Waals surface area contributed by atoms with Gasteiger partial charge in [0.25, 0.3) is 0 Å². The Morgan fingerprint density at radius 3 is 2.71 bits per heavy atom. The summed E-state index contributed by atoms with van der Waals surface area (Å²) in [5.74, 6) is -0.107. The molecule has 0 radical (unpaired) electrons. The van der Waals surface area contributed by atoms with E-state index in [0.29, 0.717) is 36.5 Å². The van der Waals surface area contributed by atoms with Gasteiger partial charge in [-0.2, -0.15) is 0 Å². The van der Waals surface area contributed by atoms with Crippen molar-refractivity contribution in [3.63, 3.8) is 0 Å². The summed E-state index contributed by atoms with van der Waals surface area (Å²) in [5.41, 5.74) is 2.23. The molecule has 1 aromatic heterocycles. The van der Waals surface area contributed by atoms with Crippen LogP contribution in [0.5, 0.6) is 0 Å². The molecule has 8 heteroatoms. The molecular formula is C23H27ClN4O3. The average molecular weight is 443 g/mol. The van der Waals surface area contributed by atoms with Crippen LogP contribution >= 0.6 is 11.6 Å². The van der Waals surface area contributed by atoms with E-state index in [1.165, 1.54) is 6.21 Å². The van der Waals surface area contributed by atoms with Gasteiger partial charge in [0.05, 0.1) is 23.7 Å². The van der Waals surface area contributed by atoms with Gasteiger partial charge >= 0.3 is 0 Å². The smallest absolute Gasteiger partial charge is 0.168 e. The highest BCUT2D eigenvalue weighted by Crippen LogP contribution is 2.38. The molecule has 0 saturated carbocycles. The molecule has 1 aromatic carbocycles. The van der Waals surface area contributed by atoms with Gasteiger partial charge < -0.3 is 14.9 Å². The van der Waals surface area contributed by atoms with Crippen LogP contribution in [0.25, 0.3) is 10.9 Å². The molecule has 1 aliphatic heterocycles. The minimum absolute atomic E-state index is 0.0936. The van der Waals surface area contributed by atoms with Crippen LogP contribution in [0.1, 0.15) is 24.3 Å². The van der Waals surface area contributed by atoms with Crippen LogP contribution in [0.3, 0.4) is 0 Å². The number of benzene rings is 1. The lowest BCUT2D eigenvalue weighted by molar-refractivity contribution is -0.116. The van der Waals surface area contributed by atoms with E-state index in [-0.39, 0.29) is 17.5 Å². The maximum atomic E-state index is 12.7. The van der Waals surface area contributed by atoms with Crippen LogP contribution in [0.4, 0.5) is 0 Å². The Labute approximate surface area is 186 Å². The molecule has 7 nitrogen and oxygen atoms in total. The topological polar surface area (TPSA) is 89.0 Å². The fraction of sp³-hybridized carbons (Fsp3) is 0.435. The van der Waals surface area contributed by atoms with E-state index in [2.05, 4.69) is 19.8 Å². The van der Waals surface area contributed by atoms with Gasteiger partial charge in [-0.3, -0.25) is 19.6 Å². The number of aliphatic hydroxyl groups excluding tert-OH is 1. The molecule has 2 aromatic rings. The Balaban J connectivity index is 1.36. The zero-order chi connectivity index (χ0) is 21.8. The molecule has 1 fully saturated rings. The molecule has 164 valence electrons. The van der Waals surface area contributed by atoms with Gasteiger partial charge in [0, 0.05) is 68.9 Å². The summed E-state index contributed by atoms with van der Waals surface area (Å²) in [6, 6.07) is 5.86. The Morgan fingerprint density at radius 1 is 1.19 bits per heavy atom. The van der Waals surface area contributed by atoms with Gasteiger partial charge in [-0.15, -0.1) is 0 Å². The maximum absolute atomic E-state index is 12.7. The van der Waals surface area contributed by atoms with Crippen molar-refractivity contribution in [2.75, 3.05) is 45.8 Å². The molecule has 1 unspecified atom stereocenters. The van der Waals surface area contributed by atoms with Gasteiger partial charge in [-0.1, -0.05) is 23.7 Å². The lowest BCUT2D eigenvalue weighted by atomic mass is 9.82. The van der Waals surface area contributed by atoms with Crippen molar-refractivity contribution in [1.82, 2.24) is 14.8 Å². The summed E-state index contributed by atoms with van der Waals surface area (Å²) in [6.45, 7) is 5.44. The molecule has 31 heavy (non-hydrogen) atoms. The number of Topliss-reactive ketones (excluding diaryl/α,β-unsaturated/α-hetero) is 1. The Hall–Kier alpha value is -2.48. The molecule has 2 N–H and O–H groups in total. The third-order valence-electron chi connectivity index (χ3n) is 6.18. The van der Waals surface area contributed by atoms with Crippen LogP contribution in [-0.4, -0.2) is 84.0 Å². The van der Waals surface area contributed by atoms with Gasteiger partial charge in [-0.05, 0) is 17.5 Å². The summed E-state index contributed by atoms with van der Waals surface area (Å²) in [4.78, 5) is 35.3. The van der Waals surface area contributed by atoms with E-state index in [1.807, 2.05) is 18.2 Å². The van der Waals surface area contributed by atoms with Crippen molar-refractivity contribution < 1.29 is 14.7 Å². The number of aliphatic hydroxyl groups is 1. The largest absolute Gasteiger partial charge is 0.511 e. The van der Waals surface area contributed by atoms with Crippen molar-refractivity contribution in [2.24, 2.45) is 4.99 Å². The standard InChI is InChI=1S/C23H27ClN4O3/c24-19-15-26-20-3-1-2-17(23(19)20)16-12-21(30)18(22(31)13-16)14-25-4-5-27-6-8-28(9-7-27)10-11-29/h1-3,11,14-16,26,30H,4-10,12-13H2. The summed E-state index contributed by atoms with van der Waals surface area (Å²) < 4.78 is 0. The number of aliphatic imine (C=N–C) groups is 1. The van der Waals surface area contributed by atoms with Crippen LogP contribution in [0.15, 0.2) is 40.7 Å². The summed E-state index contributed by atoms with van der Waals surface area (Å²) >= 11 is 6.34. The van der Waals surface area contributed by atoms with Crippen LogP contribution in [-0.2, 0) is 9.59 Å². The number of H-pyrrole nitrogens is 1. The van der Waals surface area contributed by atoms with E-state index in [0.717, 1.165) is 55.5 Å². The van der Waals surface area contributed by atoms with E-state index in [9.17, 15) is 14.7 Å². The first-order chi connectivity index (χ1) is 15.1. The van der Waals surface area contributed by atoms with Crippen LogP contribution in [0, 0.1) is 0 Å². The SMILES string of the molecule is O=CCN1CCN(CCN=CC2=C(O)CC(c3cccc4[nH]cc(Cl)c34)CC2=O)CC1. The number of ketones is 1. The predicted octanol–water partition coefficient (Wildman–Crippen LogP) is 2.97. The number of halogens is 1. The number of allylic oxidation sites excluding steroid dienone is 2. The number of carbonyl (C=O) groups excluding carboxylic acids is 2. The highest BCUT2D eigenvalue weighted by molar-refractivity contribution is 6.35. The molecule has 2 aliphatic rings. The second kappa shape index (κ2) is 9.77. The number of nitrogens with zero attached hydrogens (tertiary/aromatic N) is 3. The first-order valence-electron chi connectivity index (χ1n) is 10.7. The van der Waals surface area contributed by atoms with Gasteiger partial charge in [0.15, 0.2) is 5.78 Å². The lowest BCUT2D eigenvalue weighted by Crippen LogP contribution is -2.47. The second-order valence-corrected chi connectivity index (χ2v) is 8.55. The molecule has 1 atom stereocenters. The third-order valence-corrected chi connectivity index (χ3v) is 6.47. The van der Waals surface area contributed by atoms with Crippen molar-refractivity contribution in [2.45, 2.75) is 18.8 Å². The number of aromatic amines is 1. The molecule has 2 heterocycles. The number of carbonyl (C=O) groups is 2. The Kier molecular flexibility index (Phi) is 6.85. The molecule has 0 spiro atoms. The highest BCUT2D eigenvalue weighted by Gasteiger charge is 2.29. The quantitative estimate of drug-likeness (QED) is 0.508. The number of piperazine rings is 1. The van der Waals surface area contributed by atoms with Gasteiger partial charge in [-0.25, -0.2) is 0 Å².